The van der Waals surface area contributed by atoms with Gasteiger partial charge in [-0.1, -0.05) is 0 Å². The average Bonchev–Trinajstić information content (AvgIpc) is 2.37. The molecule has 0 fully saturated rings. The van der Waals surface area contributed by atoms with Crippen LogP contribution in [0, 0.1) is 0 Å². The minimum Gasteiger partial charge on any atom is -0.394 e. The summed E-state index contributed by atoms with van der Waals surface area (Å²) in [4.78, 5) is 0. The van der Waals surface area contributed by atoms with E-state index in [9.17, 15) is 0 Å². The largest absolute Gasteiger partial charge is 0.394 e. The summed E-state index contributed by atoms with van der Waals surface area (Å²) >= 11 is -3.62. The Hall–Kier alpha value is 0.214. The molecule has 0 amide bonds. The number of rotatable bonds is 9. The summed E-state index contributed by atoms with van der Waals surface area (Å²) in [6.07, 6.45) is 0.134. The van der Waals surface area contributed by atoms with Crippen LogP contribution in [0.2, 0.25) is 0 Å². The Kier molecular flexibility index (Phi) is 20.8. The Balaban J connectivity index is -0.000000574. The van der Waals surface area contributed by atoms with Crippen LogP contribution >= 0.6 is 0 Å². The standard InChI is InChI=1S/4C3H7O.C2H6O2.C2H4.Ti/c4*1-3(2)4;3-1-2-4;1-2;/h4*3H,1-2H3;3-4H,1-2H2;1-2H2;/q4*-1;;;+4. The van der Waals surface area contributed by atoms with E-state index in [0.29, 0.717) is 0 Å². The quantitative estimate of drug-likeness (QED) is 0.476. The van der Waals surface area contributed by atoms with Crippen LogP contribution in [0.5, 0.6) is 0 Å². The smallest absolute Gasteiger partial charge is 0.0662 e. The van der Waals surface area contributed by atoms with E-state index in [2.05, 4.69) is 13.2 Å². The molecule has 142 valence electrons. The van der Waals surface area contributed by atoms with Crippen LogP contribution in [-0.2, 0) is 31.4 Å². The summed E-state index contributed by atoms with van der Waals surface area (Å²) in [5, 5.41) is 15.2. The summed E-state index contributed by atoms with van der Waals surface area (Å²) < 4.78 is 23.6. The van der Waals surface area contributed by atoms with Crippen molar-refractivity contribution in [3.8, 4) is 0 Å². The fourth-order valence-corrected chi connectivity index (χ4v) is 5.45. The average molecular weight is 374 g/mol. The van der Waals surface area contributed by atoms with Crippen molar-refractivity contribution >= 4 is 0 Å². The van der Waals surface area contributed by atoms with Gasteiger partial charge < -0.3 is 10.2 Å². The van der Waals surface area contributed by atoms with Gasteiger partial charge in [-0.15, -0.1) is 13.2 Å². The van der Waals surface area contributed by atoms with Gasteiger partial charge >= 0.3 is 111 Å². The topological polar surface area (TPSA) is 77.4 Å². The second-order valence-electron chi connectivity index (χ2n) is 5.61. The van der Waals surface area contributed by atoms with Gasteiger partial charge in [0.05, 0.1) is 13.2 Å². The van der Waals surface area contributed by atoms with Gasteiger partial charge in [-0.25, -0.2) is 0 Å². The molecule has 7 heteroatoms. The number of hydrogen-bond donors (Lipinski definition) is 2. The second kappa shape index (κ2) is 17.1. The zero-order valence-electron chi connectivity index (χ0n) is 16.2. The third-order valence-corrected chi connectivity index (χ3v) is 6.37. The van der Waals surface area contributed by atoms with Gasteiger partial charge in [-0.3, -0.25) is 0 Å². The van der Waals surface area contributed by atoms with Crippen LogP contribution in [0.1, 0.15) is 55.4 Å². The zero-order valence-corrected chi connectivity index (χ0v) is 17.7. The summed E-state index contributed by atoms with van der Waals surface area (Å²) in [5.74, 6) is 0. The Labute approximate surface area is 148 Å². The van der Waals surface area contributed by atoms with Crippen LogP contribution in [0.25, 0.3) is 0 Å². The molecule has 0 aromatic rings. The van der Waals surface area contributed by atoms with Gasteiger partial charge in [0.1, 0.15) is 0 Å². The van der Waals surface area contributed by atoms with Crippen molar-refractivity contribution in [3.05, 3.63) is 13.2 Å². The monoisotopic (exact) mass is 374 g/mol. The minimum absolute atomic E-state index is 0.0336. The van der Waals surface area contributed by atoms with Crippen LogP contribution in [0.15, 0.2) is 13.2 Å². The molecule has 2 N–H and O–H groups in total. The third kappa shape index (κ3) is 20.2. The molecule has 0 aliphatic rings. The maximum Gasteiger partial charge on any atom is 0.0662 e. The van der Waals surface area contributed by atoms with Crippen molar-refractivity contribution in [2.24, 2.45) is 0 Å². The normalized spacial score (nSPS) is 11.4. The van der Waals surface area contributed by atoms with E-state index >= 15 is 0 Å². The number of aliphatic hydroxyl groups excluding tert-OH is 2. The van der Waals surface area contributed by atoms with E-state index in [-0.39, 0.29) is 37.6 Å². The molecule has 6 nitrogen and oxygen atoms in total. The maximum atomic E-state index is 7.62. The number of aliphatic hydroxyl groups is 2. The van der Waals surface area contributed by atoms with Crippen molar-refractivity contribution < 1.29 is 41.6 Å². The van der Waals surface area contributed by atoms with E-state index in [0.717, 1.165) is 0 Å². The van der Waals surface area contributed by atoms with Crippen LogP contribution in [0.3, 0.4) is 0 Å². The van der Waals surface area contributed by atoms with E-state index < -0.39 is 18.1 Å². The predicted molar refractivity (Wildman–Crippen MR) is 90.3 cm³/mol. The van der Waals surface area contributed by atoms with Gasteiger partial charge in [0.25, 0.3) is 0 Å². The molecule has 0 rings (SSSR count). The van der Waals surface area contributed by atoms with E-state index in [1.54, 1.807) is 0 Å². The molecule has 0 saturated heterocycles. The molecular weight excluding hydrogens is 336 g/mol. The minimum atomic E-state index is -3.62. The molecule has 0 aromatic carbocycles. The molecule has 0 spiro atoms. The van der Waals surface area contributed by atoms with Gasteiger partial charge in [0.2, 0.25) is 0 Å². The Bertz CT molecular complexity index is 199. The summed E-state index contributed by atoms with van der Waals surface area (Å²) in [5.41, 5.74) is 0. The molecule has 0 atom stereocenters. The predicted octanol–water partition coefficient (Wildman–Crippen LogP) is 3.27. The van der Waals surface area contributed by atoms with Gasteiger partial charge in [-0.2, -0.15) is 0 Å². The van der Waals surface area contributed by atoms with Gasteiger partial charge in [-0.05, 0) is 0 Å². The first-order chi connectivity index (χ1) is 10.6. The Morgan fingerprint density at radius 3 is 0.870 bits per heavy atom. The molecule has 0 unspecified atom stereocenters. The van der Waals surface area contributed by atoms with Crippen molar-refractivity contribution in [1.29, 1.82) is 0 Å². The molecule has 23 heavy (non-hydrogen) atoms. The summed E-state index contributed by atoms with van der Waals surface area (Å²) in [6.45, 7) is 21.5. The molecule has 0 radical (unpaired) electrons. The van der Waals surface area contributed by atoms with Gasteiger partial charge in [0.15, 0.2) is 0 Å². The fraction of sp³-hybridized carbons (Fsp3) is 0.875. The van der Waals surface area contributed by atoms with Crippen LogP contribution < -0.4 is 0 Å². The Morgan fingerprint density at radius 2 is 0.783 bits per heavy atom. The molecule has 0 heterocycles. The second-order valence-corrected chi connectivity index (χ2v) is 8.65. The van der Waals surface area contributed by atoms with E-state index in [1.807, 2.05) is 55.4 Å². The third-order valence-electron chi connectivity index (χ3n) is 1.62. The molecular formula is C16H38O6Ti. The SMILES string of the molecule is C=C.CC(C)[O][Ti]([O]C(C)C)([O]C(C)C)[O]C(C)C.OCCO. The van der Waals surface area contributed by atoms with Crippen LogP contribution in [0.4, 0.5) is 0 Å². The zero-order chi connectivity index (χ0) is 19.1. The molecule has 0 saturated carbocycles. The number of hydrogen-bond acceptors (Lipinski definition) is 6. The molecule has 0 aliphatic carbocycles. The van der Waals surface area contributed by atoms with Gasteiger partial charge in [0, 0.05) is 0 Å². The van der Waals surface area contributed by atoms with E-state index in [4.69, 9.17) is 23.5 Å². The molecule has 0 bridgehead atoms. The van der Waals surface area contributed by atoms with Crippen molar-refractivity contribution in [3.63, 3.8) is 0 Å². The van der Waals surface area contributed by atoms with Crippen molar-refractivity contribution in [1.82, 2.24) is 0 Å². The van der Waals surface area contributed by atoms with Crippen molar-refractivity contribution in [2.75, 3.05) is 13.2 Å². The molecule has 0 aromatic heterocycles. The molecule has 0 aliphatic heterocycles. The fourth-order valence-electron chi connectivity index (χ4n) is 1.32. The summed E-state index contributed by atoms with van der Waals surface area (Å²) in [7, 11) is 0. The first kappa shape index (κ1) is 28.0. The van der Waals surface area contributed by atoms with Crippen LogP contribution in [-0.4, -0.2) is 47.8 Å². The first-order valence-electron chi connectivity index (χ1n) is 8.01. The first-order valence-corrected chi connectivity index (χ1v) is 10.6. The van der Waals surface area contributed by atoms with E-state index in [1.165, 1.54) is 0 Å². The Morgan fingerprint density at radius 1 is 0.609 bits per heavy atom. The van der Waals surface area contributed by atoms with Crippen molar-refractivity contribution in [2.45, 2.75) is 79.8 Å². The summed E-state index contributed by atoms with van der Waals surface area (Å²) in [6, 6.07) is 0. The maximum absolute atomic E-state index is 7.62.